The van der Waals surface area contributed by atoms with Crippen LogP contribution in [0.5, 0.6) is 0 Å². The molecular weight excluding hydrogens is 190 g/mol. The molecule has 13 heavy (non-hydrogen) atoms. The van der Waals surface area contributed by atoms with Gasteiger partial charge in [0.15, 0.2) is 0 Å². The molecule has 0 radical (unpaired) electrons. The monoisotopic (exact) mass is 203 g/mol. The van der Waals surface area contributed by atoms with Gasteiger partial charge >= 0.3 is 0 Å². The number of hydrogen-bond acceptors (Lipinski definition) is 3. The number of hydrogen-bond donors (Lipinski definition) is 2. The van der Waals surface area contributed by atoms with Gasteiger partial charge in [-0.1, -0.05) is 11.6 Å². The molecule has 1 heterocycles. The Morgan fingerprint density at radius 3 is 2.77 bits per heavy atom. The molecular formula is C8H14ClN3O. The summed E-state index contributed by atoms with van der Waals surface area (Å²) in [4.78, 5) is 0. The summed E-state index contributed by atoms with van der Waals surface area (Å²) in [7, 11) is 0. The van der Waals surface area contributed by atoms with E-state index in [1.165, 1.54) is 0 Å². The first-order valence-electron chi connectivity index (χ1n) is 4.06. The molecule has 1 atom stereocenters. The van der Waals surface area contributed by atoms with Crippen LogP contribution in [0.4, 0.5) is 0 Å². The lowest BCUT2D eigenvalue weighted by Gasteiger charge is -2.20. The van der Waals surface area contributed by atoms with Crippen LogP contribution in [0, 0.1) is 6.92 Å². The summed E-state index contributed by atoms with van der Waals surface area (Å²) < 4.78 is 1.60. The number of aromatic nitrogens is 2. The number of rotatable bonds is 3. The Labute approximate surface area is 82.3 Å². The fourth-order valence-electron chi connectivity index (χ4n) is 0.988. The molecule has 0 saturated carbocycles. The quantitative estimate of drug-likeness (QED) is 0.755. The lowest BCUT2D eigenvalue weighted by molar-refractivity contribution is 0.0471. The van der Waals surface area contributed by atoms with Crippen molar-refractivity contribution in [2.24, 2.45) is 5.73 Å². The van der Waals surface area contributed by atoms with Crippen molar-refractivity contribution in [3.05, 3.63) is 16.9 Å². The van der Waals surface area contributed by atoms with Crippen LogP contribution in [-0.4, -0.2) is 27.0 Å². The number of nitrogens with zero attached hydrogens (tertiary/aromatic N) is 2. The Hall–Kier alpha value is -0.580. The lowest BCUT2D eigenvalue weighted by Crippen LogP contribution is -2.38. The molecule has 0 aliphatic heterocycles. The average molecular weight is 204 g/mol. The maximum atomic E-state index is 9.65. The Morgan fingerprint density at radius 1 is 1.77 bits per heavy atom. The van der Waals surface area contributed by atoms with Crippen molar-refractivity contribution in [3.63, 3.8) is 0 Å². The lowest BCUT2D eigenvalue weighted by atomic mass is 10.1. The third-order valence-electron chi connectivity index (χ3n) is 1.83. The van der Waals surface area contributed by atoms with Gasteiger partial charge < -0.3 is 10.8 Å². The van der Waals surface area contributed by atoms with Crippen LogP contribution < -0.4 is 5.73 Å². The molecule has 74 valence electrons. The standard InChI is InChI=1S/C8H14ClN3O/c1-6-7(9)3-12(11-6)5-8(2,13)4-10/h3,13H,4-5,10H2,1-2H3. The first-order chi connectivity index (χ1) is 5.94. The molecule has 3 N–H and O–H groups in total. The summed E-state index contributed by atoms with van der Waals surface area (Å²) in [6, 6.07) is 0. The molecule has 0 bridgehead atoms. The number of halogens is 1. The second-order valence-electron chi connectivity index (χ2n) is 3.46. The van der Waals surface area contributed by atoms with Crippen molar-refractivity contribution in [3.8, 4) is 0 Å². The highest BCUT2D eigenvalue weighted by Crippen LogP contribution is 2.14. The van der Waals surface area contributed by atoms with Gasteiger partial charge in [0.1, 0.15) is 0 Å². The Morgan fingerprint density at radius 2 is 2.38 bits per heavy atom. The molecule has 0 saturated heterocycles. The summed E-state index contributed by atoms with van der Waals surface area (Å²) in [5.74, 6) is 0. The van der Waals surface area contributed by atoms with Gasteiger partial charge in [0.25, 0.3) is 0 Å². The van der Waals surface area contributed by atoms with E-state index in [1.807, 2.05) is 6.92 Å². The molecule has 1 aromatic heterocycles. The van der Waals surface area contributed by atoms with Crippen LogP contribution >= 0.6 is 11.6 Å². The molecule has 4 nitrogen and oxygen atoms in total. The van der Waals surface area contributed by atoms with Gasteiger partial charge in [-0.25, -0.2) is 0 Å². The van der Waals surface area contributed by atoms with Gasteiger partial charge in [0.2, 0.25) is 0 Å². The average Bonchev–Trinajstić information content (AvgIpc) is 2.30. The number of nitrogens with two attached hydrogens (primary N) is 1. The van der Waals surface area contributed by atoms with E-state index >= 15 is 0 Å². The Balaban J connectivity index is 2.75. The van der Waals surface area contributed by atoms with E-state index in [2.05, 4.69) is 5.10 Å². The normalized spacial score (nSPS) is 15.8. The van der Waals surface area contributed by atoms with Gasteiger partial charge in [-0.3, -0.25) is 4.68 Å². The molecule has 0 aliphatic rings. The van der Waals surface area contributed by atoms with Crippen molar-refractivity contribution in [1.82, 2.24) is 9.78 Å². The maximum absolute atomic E-state index is 9.65. The van der Waals surface area contributed by atoms with Crippen LogP contribution in [0.15, 0.2) is 6.20 Å². The van der Waals surface area contributed by atoms with E-state index in [1.54, 1.807) is 17.8 Å². The third kappa shape index (κ3) is 2.69. The summed E-state index contributed by atoms with van der Waals surface area (Å²) in [6.07, 6.45) is 1.68. The summed E-state index contributed by atoms with van der Waals surface area (Å²) >= 11 is 5.81. The van der Waals surface area contributed by atoms with E-state index in [4.69, 9.17) is 17.3 Å². The first-order valence-corrected chi connectivity index (χ1v) is 4.44. The molecule has 0 spiro atoms. The van der Waals surface area contributed by atoms with E-state index in [-0.39, 0.29) is 6.54 Å². The van der Waals surface area contributed by atoms with Crippen molar-refractivity contribution < 1.29 is 5.11 Å². The van der Waals surface area contributed by atoms with E-state index in [0.717, 1.165) is 5.69 Å². The molecule has 1 aromatic rings. The zero-order valence-electron chi connectivity index (χ0n) is 7.79. The van der Waals surface area contributed by atoms with Crippen molar-refractivity contribution in [2.75, 3.05) is 6.54 Å². The smallest absolute Gasteiger partial charge is 0.0936 e. The highest BCUT2D eigenvalue weighted by Gasteiger charge is 2.19. The first kappa shape index (κ1) is 10.5. The van der Waals surface area contributed by atoms with E-state index in [9.17, 15) is 5.11 Å². The predicted octanol–water partition coefficient (Wildman–Crippen LogP) is 0.555. The van der Waals surface area contributed by atoms with Crippen LogP contribution in [0.1, 0.15) is 12.6 Å². The van der Waals surface area contributed by atoms with Crippen LogP contribution in [-0.2, 0) is 6.54 Å². The van der Waals surface area contributed by atoms with E-state index in [0.29, 0.717) is 11.6 Å². The molecule has 0 fully saturated rings. The molecule has 0 aliphatic carbocycles. The predicted molar refractivity (Wildman–Crippen MR) is 51.7 cm³/mol. The molecule has 5 heteroatoms. The molecule has 1 unspecified atom stereocenters. The zero-order valence-corrected chi connectivity index (χ0v) is 8.54. The van der Waals surface area contributed by atoms with Gasteiger partial charge in [-0.05, 0) is 13.8 Å². The summed E-state index contributed by atoms with van der Waals surface area (Å²) in [5, 5.41) is 14.4. The molecule has 1 rings (SSSR count). The number of aliphatic hydroxyl groups is 1. The van der Waals surface area contributed by atoms with Crippen molar-refractivity contribution in [2.45, 2.75) is 26.0 Å². The minimum atomic E-state index is -0.929. The van der Waals surface area contributed by atoms with Crippen LogP contribution in [0.2, 0.25) is 5.02 Å². The SMILES string of the molecule is Cc1nn(CC(C)(O)CN)cc1Cl. The number of aryl methyl sites for hydroxylation is 1. The minimum Gasteiger partial charge on any atom is -0.387 e. The van der Waals surface area contributed by atoms with Crippen LogP contribution in [0.3, 0.4) is 0 Å². The second-order valence-corrected chi connectivity index (χ2v) is 3.87. The van der Waals surface area contributed by atoms with Crippen molar-refractivity contribution in [1.29, 1.82) is 0 Å². The van der Waals surface area contributed by atoms with Gasteiger partial charge in [-0.15, -0.1) is 0 Å². The van der Waals surface area contributed by atoms with E-state index < -0.39 is 5.60 Å². The minimum absolute atomic E-state index is 0.198. The Kier molecular flexibility index (Phi) is 2.95. The molecule has 0 amide bonds. The third-order valence-corrected chi connectivity index (χ3v) is 2.20. The Bertz CT molecular complexity index is 276. The largest absolute Gasteiger partial charge is 0.387 e. The summed E-state index contributed by atoms with van der Waals surface area (Å²) in [5.41, 5.74) is 5.20. The topological polar surface area (TPSA) is 64.1 Å². The van der Waals surface area contributed by atoms with Crippen LogP contribution in [0.25, 0.3) is 0 Å². The van der Waals surface area contributed by atoms with Gasteiger partial charge in [0, 0.05) is 12.7 Å². The van der Waals surface area contributed by atoms with Gasteiger partial charge in [-0.2, -0.15) is 5.10 Å². The molecule has 0 aromatic carbocycles. The highest BCUT2D eigenvalue weighted by atomic mass is 35.5. The second kappa shape index (κ2) is 3.65. The highest BCUT2D eigenvalue weighted by molar-refractivity contribution is 6.31. The fourth-order valence-corrected chi connectivity index (χ4v) is 1.14. The fraction of sp³-hybridized carbons (Fsp3) is 0.625. The van der Waals surface area contributed by atoms with Gasteiger partial charge in [0.05, 0.1) is 22.9 Å². The maximum Gasteiger partial charge on any atom is 0.0936 e. The summed E-state index contributed by atoms with van der Waals surface area (Å²) in [6.45, 7) is 4.04. The zero-order chi connectivity index (χ0) is 10.1. The van der Waals surface area contributed by atoms with Crippen molar-refractivity contribution >= 4 is 11.6 Å².